The highest BCUT2D eigenvalue weighted by Gasteiger charge is 2.15. The van der Waals surface area contributed by atoms with Crippen molar-refractivity contribution in [3.63, 3.8) is 0 Å². The van der Waals surface area contributed by atoms with Crippen molar-refractivity contribution in [2.24, 2.45) is 5.73 Å². The average Bonchev–Trinajstić information content (AvgIpc) is 2.42. The van der Waals surface area contributed by atoms with Crippen molar-refractivity contribution in [2.45, 2.75) is 33.8 Å². The van der Waals surface area contributed by atoms with Gasteiger partial charge in [-0.15, -0.1) is 0 Å². The lowest BCUT2D eigenvalue weighted by molar-refractivity contribution is 0.212. The maximum Gasteiger partial charge on any atom is 0.136 e. The fourth-order valence-corrected chi connectivity index (χ4v) is 2.46. The maximum atomic E-state index is 6.20. The van der Waals surface area contributed by atoms with Crippen LogP contribution in [0.25, 0.3) is 0 Å². The van der Waals surface area contributed by atoms with Crippen molar-refractivity contribution >= 4 is 0 Å². The largest absolute Gasteiger partial charge is 0.484 e. The molecule has 1 atom stereocenters. The van der Waals surface area contributed by atoms with Gasteiger partial charge >= 0.3 is 0 Å². The Morgan fingerprint density at radius 2 is 1.70 bits per heavy atom. The molecule has 0 saturated heterocycles. The molecule has 0 bridgehead atoms. The molecule has 2 rings (SSSR count). The van der Waals surface area contributed by atoms with Crippen molar-refractivity contribution in [1.82, 2.24) is 0 Å². The van der Waals surface area contributed by atoms with E-state index >= 15 is 0 Å². The maximum absolute atomic E-state index is 6.20. The number of rotatable bonds is 4. The third-order valence-electron chi connectivity index (χ3n) is 3.78. The van der Waals surface area contributed by atoms with Crippen LogP contribution in [-0.2, 0) is 0 Å². The van der Waals surface area contributed by atoms with E-state index in [4.69, 9.17) is 10.5 Å². The van der Waals surface area contributed by atoms with E-state index in [1.807, 2.05) is 12.1 Å². The lowest BCUT2D eigenvalue weighted by atomic mass is 10.0. The minimum Gasteiger partial charge on any atom is -0.484 e. The molecule has 0 spiro atoms. The van der Waals surface area contributed by atoms with Gasteiger partial charge in [0.05, 0.1) is 0 Å². The van der Waals surface area contributed by atoms with Gasteiger partial charge in [0.25, 0.3) is 0 Å². The predicted octanol–water partition coefficient (Wildman–Crippen LogP) is 4.00. The molecule has 0 amide bonds. The molecule has 0 aromatic heterocycles. The van der Waals surface area contributed by atoms with Crippen molar-refractivity contribution in [3.8, 4) is 5.75 Å². The lowest BCUT2D eigenvalue weighted by Crippen LogP contribution is -2.20. The van der Waals surface area contributed by atoms with Crippen LogP contribution < -0.4 is 10.5 Å². The van der Waals surface area contributed by atoms with E-state index in [-0.39, 0.29) is 6.10 Å². The normalized spacial score (nSPS) is 12.2. The van der Waals surface area contributed by atoms with Gasteiger partial charge in [-0.25, -0.2) is 0 Å². The van der Waals surface area contributed by atoms with Gasteiger partial charge < -0.3 is 10.5 Å². The molecule has 2 aromatic rings. The molecule has 0 radical (unpaired) electrons. The van der Waals surface area contributed by atoms with Gasteiger partial charge in [0.1, 0.15) is 11.9 Å². The Bertz CT molecular complexity index is 604. The second-order valence-corrected chi connectivity index (χ2v) is 5.40. The molecule has 2 aromatic carbocycles. The van der Waals surface area contributed by atoms with Gasteiger partial charge in [0.2, 0.25) is 0 Å². The standard InChI is InChI=1S/C18H23NO/c1-12-9-14(3)15(4)17(10-12)20-18(11-19)16-8-6-5-7-13(16)2/h5-10,18H,11,19H2,1-4H3. The van der Waals surface area contributed by atoms with E-state index < -0.39 is 0 Å². The predicted molar refractivity (Wildman–Crippen MR) is 84.3 cm³/mol. The first-order valence-electron chi connectivity index (χ1n) is 7.03. The Labute approximate surface area is 121 Å². The van der Waals surface area contributed by atoms with Gasteiger partial charge in [0, 0.05) is 6.54 Å². The van der Waals surface area contributed by atoms with Crippen molar-refractivity contribution in [3.05, 3.63) is 64.2 Å². The number of hydrogen-bond acceptors (Lipinski definition) is 2. The summed E-state index contributed by atoms with van der Waals surface area (Å²) in [6.45, 7) is 8.85. The average molecular weight is 269 g/mol. The smallest absolute Gasteiger partial charge is 0.136 e. The van der Waals surface area contributed by atoms with Crippen molar-refractivity contribution in [1.29, 1.82) is 0 Å². The molecular weight excluding hydrogens is 246 g/mol. The highest BCUT2D eigenvalue weighted by molar-refractivity contribution is 5.42. The SMILES string of the molecule is Cc1cc(C)c(C)c(OC(CN)c2ccccc2C)c1. The van der Waals surface area contributed by atoms with Crippen LogP contribution in [0.3, 0.4) is 0 Å². The molecule has 2 nitrogen and oxygen atoms in total. The van der Waals surface area contributed by atoms with E-state index in [0.29, 0.717) is 6.54 Å². The Morgan fingerprint density at radius 1 is 1.00 bits per heavy atom. The summed E-state index contributed by atoms with van der Waals surface area (Å²) in [7, 11) is 0. The lowest BCUT2D eigenvalue weighted by Gasteiger charge is -2.22. The summed E-state index contributed by atoms with van der Waals surface area (Å²) in [5.74, 6) is 0.932. The van der Waals surface area contributed by atoms with Crippen LogP contribution in [0.5, 0.6) is 5.75 Å². The van der Waals surface area contributed by atoms with Crippen molar-refractivity contribution < 1.29 is 4.74 Å². The van der Waals surface area contributed by atoms with Crippen LogP contribution in [0, 0.1) is 27.7 Å². The van der Waals surface area contributed by atoms with E-state index in [0.717, 1.165) is 11.3 Å². The molecule has 20 heavy (non-hydrogen) atoms. The minimum absolute atomic E-state index is 0.101. The molecule has 106 valence electrons. The quantitative estimate of drug-likeness (QED) is 0.910. The van der Waals surface area contributed by atoms with Crippen LogP contribution in [0.15, 0.2) is 36.4 Å². The van der Waals surface area contributed by atoms with E-state index in [1.165, 1.54) is 22.3 Å². The monoisotopic (exact) mass is 269 g/mol. The van der Waals surface area contributed by atoms with Gasteiger partial charge in [-0.05, 0) is 61.6 Å². The van der Waals surface area contributed by atoms with Crippen LogP contribution >= 0.6 is 0 Å². The summed E-state index contributed by atoms with van der Waals surface area (Å²) in [6.07, 6.45) is -0.101. The third-order valence-corrected chi connectivity index (χ3v) is 3.78. The molecule has 0 aliphatic rings. The number of ether oxygens (including phenoxy) is 1. The highest BCUT2D eigenvalue weighted by Crippen LogP contribution is 2.29. The zero-order chi connectivity index (χ0) is 14.7. The van der Waals surface area contributed by atoms with Gasteiger partial charge in [-0.3, -0.25) is 0 Å². The zero-order valence-electron chi connectivity index (χ0n) is 12.7. The first-order chi connectivity index (χ1) is 9.52. The molecule has 2 heteroatoms. The number of benzene rings is 2. The van der Waals surface area contributed by atoms with E-state index in [1.54, 1.807) is 0 Å². The fourth-order valence-electron chi connectivity index (χ4n) is 2.46. The highest BCUT2D eigenvalue weighted by atomic mass is 16.5. The second kappa shape index (κ2) is 6.10. The van der Waals surface area contributed by atoms with Crippen LogP contribution in [0.4, 0.5) is 0 Å². The van der Waals surface area contributed by atoms with E-state index in [2.05, 4.69) is 52.0 Å². The summed E-state index contributed by atoms with van der Waals surface area (Å²) < 4.78 is 6.20. The molecule has 2 N–H and O–H groups in total. The topological polar surface area (TPSA) is 35.2 Å². The van der Waals surface area contributed by atoms with Crippen LogP contribution in [0.2, 0.25) is 0 Å². The summed E-state index contributed by atoms with van der Waals surface area (Å²) in [5.41, 5.74) is 11.9. The third kappa shape index (κ3) is 3.02. The van der Waals surface area contributed by atoms with Gasteiger partial charge in [0.15, 0.2) is 0 Å². The van der Waals surface area contributed by atoms with E-state index in [9.17, 15) is 0 Å². The zero-order valence-corrected chi connectivity index (χ0v) is 12.7. The molecule has 0 saturated carbocycles. The molecular formula is C18H23NO. The van der Waals surface area contributed by atoms with Crippen molar-refractivity contribution in [2.75, 3.05) is 6.54 Å². The molecule has 0 fully saturated rings. The Morgan fingerprint density at radius 3 is 2.35 bits per heavy atom. The Balaban J connectivity index is 2.34. The molecule has 0 heterocycles. The molecule has 0 aliphatic heterocycles. The first kappa shape index (κ1) is 14.6. The molecule has 0 aliphatic carbocycles. The number of aryl methyl sites for hydroxylation is 3. The summed E-state index contributed by atoms with van der Waals surface area (Å²) in [6, 6.07) is 12.5. The summed E-state index contributed by atoms with van der Waals surface area (Å²) in [4.78, 5) is 0. The van der Waals surface area contributed by atoms with Gasteiger partial charge in [-0.2, -0.15) is 0 Å². The van der Waals surface area contributed by atoms with Gasteiger partial charge in [-0.1, -0.05) is 30.3 Å². The summed E-state index contributed by atoms with van der Waals surface area (Å²) >= 11 is 0. The number of nitrogens with two attached hydrogens (primary N) is 1. The Hall–Kier alpha value is -1.80. The second-order valence-electron chi connectivity index (χ2n) is 5.40. The number of hydrogen-bond donors (Lipinski definition) is 1. The first-order valence-corrected chi connectivity index (χ1v) is 7.03. The van der Waals surface area contributed by atoms with Crippen LogP contribution in [-0.4, -0.2) is 6.54 Å². The summed E-state index contributed by atoms with van der Waals surface area (Å²) in [5, 5.41) is 0. The minimum atomic E-state index is -0.101. The Kier molecular flexibility index (Phi) is 4.46. The fraction of sp³-hybridized carbons (Fsp3) is 0.333. The molecule has 1 unspecified atom stereocenters. The van der Waals surface area contributed by atoms with Crippen LogP contribution in [0.1, 0.15) is 33.9 Å².